The van der Waals surface area contributed by atoms with Crippen molar-refractivity contribution in [3.63, 3.8) is 0 Å². The molecule has 1 heterocycles. The predicted molar refractivity (Wildman–Crippen MR) is 151 cm³/mol. The van der Waals surface area contributed by atoms with Gasteiger partial charge in [-0.3, -0.25) is 4.79 Å². The van der Waals surface area contributed by atoms with Crippen LogP contribution in [0, 0.1) is 5.92 Å². The molecule has 216 valence electrons. The molecule has 3 aromatic rings. The van der Waals surface area contributed by atoms with Crippen LogP contribution in [0.3, 0.4) is 0 Å². The first-order valence-corrected chi connectivity index (χ1v) is 13.1. The van der Waals surface area contributed by atoms with Crippen LogP contribution in [0.5, 0.6) is 28.7 Å². The van der Waals surface area contributed by atoms with Crippen LogP contribution in [-0.4, -0.2) is 48.5 Å². The second kappa shape index (κ2) is 14.7. The Morgan fingerprint density at radius 3 is 2.25 bits per heavy atom. The summed E-state index contributed by atoms with van der Waals surface area (Å²) in [4.78, 5) is 19.3. The highest BCUT2D eigenvalue weighted by atomic mass is 16.5. The molecule has 11 nitrogen and oxygen atoms in total. The van der Waals surface area contributed by atoms with E-state index in [2.05, 4.69) is 9.97 Å². The summed E-state index contributed by atoms with van der Waals surface area (Å²) in [6, 6.07) is 9.33. The number of nitrogens with two attached hydrogens (primary N) is 2. The first-order valence-electron chi connectivity index (χ1n) is 13.1. The van der Waals surface area contributed by atoms with Gasteiger partial charge in [-0.2, -0.15) is 4.98 Å². The smallest absolute Gasteiger partial charge is 0.306 e. The fraction of sp³-hybridized carbons (Fsp3) is 0.414. The minimum absolute atomic E-state index is 0.133. The van der Waals surface area contributed by atoms with Crippen molar-refractivity contribution in [2.75, 3.05) is 38.9 Å². The van der Waals surface area contributed by atoms with Gasteiger partial charge in [0.05, 0.1) is 33.4 Å². The van der Waals surface area contributed by atoms with E-state index < -0.39 is 5.97 Å². The molecule has 5 N–H and O–H groups in total. The summed E-state index contributed by atoms with van der Waals surface area (Å²) in [5.41, 5.74) is 14.1. The maximum atomic E-state index is 11.3. The number of benzene rings is 2. The lowest BCUT2D eigenvalue weighted by Crippen LogP contribution is -2.14. The fourth-order valence-corrected chi connectivity index (χ4v) is 4.17. The number of hydrogen-bond acceptors (Lipinski definition) is 10. The Balaban J connectivity index is 1.71. The number of aliphatic carboxylic acids is 1. The van der Waals surface area contributed by atoms with Crippen LogP contribution < -0.4 is 35.2 Å². The number of nitrogens with zero attached hydrogens (tertiary/aromatic N) is 2. The van der Waals surface area contributed by atoms with Gasteiger partial charge >= 0.3 is 5.97 Å². The van der Waals surface area contributed by atoms with Crippen LogP contribution in [0.1, 0.15) is 49.8 Å². The lowest BCUT2D eigenvalue weighted by atomic mass is 10.0. The maximum Gasteiger partial charge on any atom is 0.306 e. The quantitative estimate of drug-likeness (QED) is 0.214. The van der Waals surface area contributed by atoms with Crippen LogP contribution in [0.25, 0.3) is 0 Å². The summed E-state index contributed by atoms with van der Waals surface area (Å²) < 4.78 is 29.0. The highest BCUT2D eigenvalue weighted by Gasteiger charge is 2.18. The molecule has 0 saturated carbocycles. The average Bonchev–Trinajstić information content (AvgIpc) is 2.94. The second-order valence-electron chi connectivity index (χ2n) is 9.08. The third-order valence-corrected chi connectivity index (χ3v) is 6.32. The number of carboxylic acid groups (broad SMARTS) is 1. The number of aromatic nitrogens is 2. The summed E-state index contributed by atoms with van der Waals surface area (Å²) in [6.45, 7) is 4.80. The van der Waals surface area contributed by atoms with E-state index in [1.165, 1.54) is 0 Å². The van der Waals surface area contributed by atoms with Crippen molar-refractivity contribution in [3.8, 4) is 28.7 Å². The summed E-state index contributed by atoms with van der Waals surface area (Å²) in [6.07, 6.45) is 3.84. The highest BCUT2D eigenvalue weighted by Crippen LogP contribution is 2.39. The zero-order valence-electron chi connectivity index (χ0n) is 23.4. The van der Waals surface area contributed by atoms with Crippen LogP contribution in [0.4, 0.5) is 11.8 Å². The Hall–Kier alpha value is -4.41. The average molecular weight is 555 g/mol. The molecule has 11 heteroatoms. The molecule has 40 heavy (non-hydrogen) atoms. The Morgan fingerprint density at radius 2 is 1.65 bits per heavy atom. The summed E-state index contributed by atoms with van der Waals surface area (Å²) in [7, 11) is 3.10. The number of nitrogen functional groups attached to an aromatic ring is 2. The number of carbonyl (C=O) groups is 1. The molecule has 0 aliphatic rings. The second-order valence-corrected chi connectivity index (χ2v) is 9.08. The standard InChI is InChI=1S/C29H38N4O7/c1-5-20(28(34)35)8-7-11-39-26-24(36-3)14-19(15-25(26)37-4)17-40-22-10-9-18(13-23(22)38-6-2)12-21-16-32-29(31)33-27(21)30/h9-10,13-16,20H,5-8,11-12,17H2,1-4H3,(H,34,35)(H4,30,31,32,33). The summed E-state index contributed by atoms with van der Waals surface area (Å²) in [5, 5.41) is 9.24. The van der Waals surface area contributed by atoms with Gasteiger partial charge in [0, 0.05) is 18.2 Å². The molecular weight excluding hydrogens is 516 g/mol. The van der Waals surface area contributed by atoms with E-state index in [1.54, 1.807) is 20.4 Å². The maximum absolute atomic E-state index is 11.3. The molecule has 1 aromatic heterocycles. The summed E-state index contributed by atoms with van der Waals surface area (Å²) in [5.74, 6) is 1.92. The zero-order chi connectivity index (χ0) is 29.1. The lowest BCUT2D eigenvalue weighted by molar-refractivity contribution is -0.142. The molecule has 0 aliphatic heterocycles. The molecule has 1 unspecified atom stereocenters. The molecule has 0 aliphatic carbocycles. The summed E-state index contributed by atoms with van der Waals surface area (Å²) >= 11 is 0. The van der Waals surface area contributed by atoms with E-state index in [0.29, 0.717) is 73.5 Å². The third kappa shape index (κ3) is 8.05. The van der Waals surface area contributed by atoms with Crippen LogP contribution >= 0.6 is 0 Å². The van der Waals surface area contributed by atoms with Crippen LogP contribution in [-0.2, 0) is 17.8 Å². The van der Waals surface area contributed by atoms with Gasteiger partial charge in [-0.25, -0.2) is 4.98 Å². The van der Waals surface area contributed by atoms with E-state index in [4.69, 9.17) is 35.2 Å². The number of methoxy groups -OCH3 is 2. The molecule has 0 spiro atoms. The van der Waals surface area contributed by atoms with E-state index in [9.17, 15) is 9.90 Å². The van der Waals surface area contributed by atoms with E-state index in [1.807, 2.05) is 44.2 Å². The van der Waals surface area contributed by atoms with Gasteiger partial charge in [0.25, 0.3) is 0 Å². The fourth-order valence-electron chi connectivity index (χ4n) is 4.17. The predicted octanol–water partition coefficient (Wildman–Crippen LogP) is 4.50. The molecule has 3 rings (SSSR count). The SMILES string of the molecule is CCOc1cc(Cc2cnc(N)nc2N)ccc1OCc1cc(OC)c(OCCCC(CC)C(=O)O)c(OC)c1. The first kappa shape index (κ1) is 30.1. The van der Waals surface area contributed by atoms with Crippen molar-refractivity contribution in [2.24, 2.45) is 5.92 Å². The van der Waals surface area contributed by atoms with Gasteiger partial charge in [0.1, 0.15) is 12.4 Å². The lowest BCUT2D eigenvalue weighted by Gasteiger charge is -2.18. The minimum Gasteiger partial charge on any atom is -0.493 e. The van der Waals surface area contributed by atoms with Gasteiger partial charge < -0.3 is 40.3 Å². The van der Waals surface area contributed by atoms with Crippen molar-refractivity contribution < 1.29 is 33.6 Å². The minimum atomic E-state index is -0.787. The Labute approximate surface area is 234 Å². The van der Waals surface area contributed by atoms with Crippen molar-refractivity contribution >= 4 is 17.7 Å². The molecule has 0 bridgehead atoms. The Morgan fingerprint density at radius 1 is 0.950 bits per heavy atom. The molecule has 1 atom stereocenters. The van der Waals surface area contributed by atoms with Gasteiger partial charge in [-0.1, -0.05) is 13.0 Å². The number of anilines is 2. The van der Waals surface area contributed by atoms with Crippen LogP contribution in [0.15, 0.2) is 36.5 Å². The number of ether oxygens (including phenoxy) is 5. The van der Waals surface area contributed by atoms with Crippen molar-refractivity contribution in [3.05, 3.63) is 53.2 Å². The highest BCUT2D eigenvalue weighted by molar-refractivity contribution is 5.69. The van der Waals surface area contributed by atoms with E-state index >= 15 is 0 Å². The molecular formula is C29H38N4O7. The topological polar surface area (TPSA) is 161 Å². The largest absolute Gasteiger partial charge is 0.493 e. The number of carboxylic acids is 1. The van der Waals surface area contributed by atoms with E-state index in [-0.39, 0.29) is 18.5 Å². The van der Waals surface area contributed by atoms with Gasteiger partial charge in [0.15, 0.2) is 23.0 Å². The molecule has 0 radical (unpaired) electrons. The zero-order valence-corrected chi connectivity index (χ0v) is 23.4. The van der Waals surface area contributed by atoms with Crippen molar-refractivity contribution in [1.82, 2.24) is 9.97 Å². The van der Waals surface area contributed by atoms with Gasteiger partial charge in [0.2, 0.25) is 11.7 Å². The molecule has 0 saturated heterocycles. The molecule has 0 fully saturated rings. The number of rotatable bonds is 16. The van der Waals surface area contributed by atoms with Crippen molar-refractivity contribution in [1.29, 1.82) is 0 Å². The third-order valence-electron chi connectivity index (χ3n) is 6.32. The number of hydrogen-bond donors (Lipinski definition) is 3. The van der Waals surface area contributed by atoms with E-state index in [0.717, 1.165) is 16.7 Å². The van der Waals surface area contributed by atoms with Gasteiger partial charge in [-0.15, -0.1) is 0 Å². The van der Waals surface area contributed by atoms with Gasteiger partial charge in [-0.05, 0) is 61.6 Å². The normalized spacial score (nSPS) is 11.5. The molecule has 0 amide bonds. The Bertz CT molecular complexity index is 1260. The Kier molecular flexibility index (Phi) is 11.0. The van der Waals surface area contributed by atoms with Crippen LogP contribution in [0.2, 0.25) is 0 Å². The van der Waals surface area contributed by atoms with Crippen molar-refractivity contribution in [2.45, 2.75) is 46.1 Å². The monoisotopic (exact) mass is 554 g/mol. The molecule has 2 aromatic carbocycles. The first-order chi connectivity index (χ1) is 19.3.